The van der Waals surface area contributed by atoms with Crippen molar-refractivity contribution in [2.75, 3.05) is 5.32 Å². The molecule has 0 spiro atoms. The van der Waals surface area contributed by atoms with E-state index in [1.165, 1.54) is 23.3 Å². The van der Waals surface area contributed by atoms with Crippen LogP contribution in [0.1, 0.15) is 33.3 Å². The van der Waals surface area contributed by atoms with Crippen LogP contribution < -0.4 is 10.6 Å². The van der Waals surface area contributed by atoms with E-state index >= 15 is 0 Å². The highest BCUT2D eigenvalue weighted by Gasteiger charge is 2.47. The van der Waals surface area contributed by atoms with Gasteiger partial charge in [-0.15, -0.1) is 0 Å². The Morgan fingerprint density at radius 3 is 2.37 bits per heavy atom. The van der Waals surface area contributed by atoms with Crippen molar-refractivity contribution in [1.82, 2.24) is 10.2 Å². The van der Waals surface area contributed by atoms with E-state index in [9.17, 15) is 18.8 Å². The Kier molecular flexibility index (Phi) is 7.17. The molecular weight excluding hydrogens is 489 g/mol. The average molecular weight is 514 g/mol. The van der Waals surface area contributed by atoms with Crippen LogP contribution in [0.15, 0.2) is 102 Å². The van der Waals surface area contributed by atoms with E-state index in [-0.39, 0.29) is 18.8 Å². The van der Waals surface area contributed by atoms with Crippen LogP contribution in [0.25, 0.3) is 0 Å². The summed E-state index contributed by atoms with van der Waals surface area (Å²) < 4.78 is 24.6. The van der Waals surface area contributed by atoms with Gasteiger partial charge in [0, 0.05) is 12.2 Å². The summed E-state index contributed by atoms with van der Waals surface area (Å²) in [4.78, 5) is 39.9. The second-order valence-electron chi connectivity index (χ2n) is 8.76. The number of cyclic esters (lactones) is 1. The fourth-order valence-corrected chi connectivity index (χ4v) is 4.29. The van der Waals surface area contributed by atoms with Gasteiger partial charge in [-0.1, -0.05) is 54.6 Å². The summed E-state index contributed by atoms with van der Waals surface area (Å²) in [5.74, 6) is -1.09. The van der Waals surface area contributed by atoms with E-state index in [0.29, 0.717) is 16.8 Å². The number of halogens is 1. The number of amides is 3. The first-order valence-corrected chi connectivity index (χ1v) is 12.0. The number of benzene rings is 3. The zero-order valence-corrected chi connectivity index (χ0v) is 20.2. The minimum atomic E-state index is -1.00. The lowest BCUT2D eigenvalue weighted by atomic mass is 10.00. The number of nitrogens with one attached hydrogen (secondary N) is 2. The molecule has 38 heavy (non-hydrogen) atoms. The number of hydrogen-bond donors (Lipinski definition) is 2. The van der Waals surface area contributed by atoms with Crippen molar-refractivity contribution in [2.24, 2.45) is 0 Å². The largest absolute Gasteiger partial charge is 0.459 e. The van der Waals surface area contributed by atoms with Gasteiger partial charge in [0.2, 0.25) is 5.91 Å². The van der Waals surface area contributed by atoms with Gasteiger partial charge in [0.25, 0.3) is 5.91 Å². The molecule has 192 valence electrons. The van der Waals surface area contributed by atoms with E-state index in [4.69, 9.17) is 9.15 Å². The van der Waals surface area contributed by atoms with Gasteiger partial charge in [-0.25, -0.2) is 9.18 Å². The first-order valence-electron chi connectivity index (χ1n) is 12.0. The van der Waals surface area contributed by atoms with Crippen molar-refractivity contribution < 1.29 is 27.9 Å². The Morgan fingerprint density at radius 2 is 1.66 bits per heavy atom. The topological polar surface area (TPSA) is 101 Å². The molecule has 0 aliphatic carbocycles. The molecule has 2 N–H and O–H groups in total. The van der Waals surface area contributed by atoms with E-state index in [1.54, 1.807) is 48.5 Å². The van der Waals surface area contributed by atoms with Gasteiger partial charge < -0.3 is 19.8 Å². The third kappa shape index (κ3) is 5.57. The maximum atomic E-state index is 13.8. The van der Waals surface area contributed by atoms with Crippen molar-refractivity contribution in [1.29, 1.82) is 0 Å². The number of hydrogen-bond acceptors (Lipinski definition) is 5. The van der Waals surface area contributed by atoms with Crippen molar-refractivity contribution in [3.8, 4) is 0 Å². The molecule has 5 rings (SSSR count). The smallest absolute Gasteiger partial charge is 0.411 e. The van der Waals surface area contributed by atoms with Gasteiger partial charge >= 0.3 is 6.09 Å². The standard InChI is InChI=1S/C29H24FN3O5/c30-22-9-4-8-20(16-22)18-33-25(28(35)31-17-19-6-2-1-3-7-19)26(38-29(33)36)21-11-13-23(14-12-21)32-27(34)24-10-5-15-37-24/h1-16,25-26H,17-18H2,(H,31,35)(H,32,34)/t25-,26+/m0/s1. The molecule has 1 aliphatic rings. The van der Waals surface area contributed by atoms with Crippen LogP contribution >= 0.6 is 0 Å². The number of ether oxygens (including phenoxy) is 1. The second-order valence-corrected chi connectivity index (χ2v) is 8.76. The average Bonchev–Trinajstić information content (AvgIpc) is 3.57. The maximum Gasteiger partial charge on any atom is 0.411 e. The van der Waals surface area contributed by atoms with Crippen LogP contribution in [0.4, 0.5) is 14.9 Å². The van der Waals surface area contributed by atoms with Crippen molar-refractivity contribution in [3.63, 3.8) is 0 Å². The Labute approximate surface area is 218 Å². The summed E-state index contributed by atoms with van der Waals surface area (Å²) in [6.45, 7) is 0.260. The Hall–Kier alpha value is -4.92. The summed E-state index contributed by atoms with van der Waals surface area (Å²) in [6.07, 6.45) is -0.193. The zero-order valence-electron chi connectivity index (χ0n) is 20.2. The highest BCUT2D eigenvalue weighted by atomic mass is 19.1. The highest BCUT2D eigenvalue weighted by molar-refractivity contribution is 6.02. The third-order valence-electron chi connectivity index (χ3n) is 6.15. The third-order valence-corrected chi connectivity index (χ3v) is 6.15. The predicted octanol–water partition coefficient (Wildman–Crippen LogP) is 5.05. The molecule has 1 aliphatic heterocycles. The predicted molar refractivity (Wildman–Crippen MR) is 136 cm³/mol. The molecule has 3 amide bonds. The summed E-state index contributed by atoms with van der Waals surface area (Å²) in [5, 5.41) is 5.61. The lowest BCUT2D eigenvalue weighted by Crippen LogP contribution is -2.46. The molecule has 2 heterocycles. The number of carbonyl (C=O) groups is 3. The lowest BCUT2D eigenvalue weighted by Gasteiger charge is -2.24. The van der Waals surface area contributed by atoms with Crippen LogP contribution in [-0.4, -0.2) is 28.8 Å². The molecule has 0 saturated carbocycles. The number of rotatable bonds is 8. The molecule has 1 aromatic heterocycles. The normalized spacial score (nSPS) is 16.7. The number of anilines is 1. The van der Waals surface area contributed by atoms with E-state index < -0.39 is 35.9 Å². The van der Waals surface area contributed by atoms with Crippen LogP contribution in [0, 0.1) is 5.82 Å². The fraction of sp³-hybridized carbons (Fsp3) is 0.138. The van der Waals surface area contributed by atoms with E-state index in [1.807, 2.05) is 30.3 Å². The summed E-state index contributed by atoms with van der Waals surface area (Å²) >= 11 is 0. The Balaban J connectivity index is 1.37. The first-order chi connectivity index (χ1) is 18.5. The Bertz CT molecular complexity index is 1420. The molecule has 3 aromatic carbocycles. The summed E-state index contributed by atoms with van der Waals surface area (Å²) in [7, 11) is 0. The van der Waals surface area contributed by atoms with Gasteiger partial charge in [0.15, 0.2) is 17.9 Å². The zero-order chi connectivity index (χ0) is 26.5. The number of carbonyl (C=O) groups excluding carboxylic acids is 3. The number of furan rings is 1. The highest BCUT2D eigenvalue weighted by Crippen LogP contribution is 2.34. The second kappa shape index (κ2) is 11.0. The van der Waals surface area contributed by atoms with Crippen LogP contribution in [0.3, 0.4) is 0 Å². The van der Waals surface area contributed by atoms with Gasteiger partial charge in [-0.3, -0.25) is 14.5 Å². The maximum absolute atomic E-state index is 13.8. The van der Waals surface area contributed by atoms with E-state index in [2.05, 4.69) is 10.6 Å². The van der Waals surface area contributed by atoms with Crippen LogP contribution in [0.2, 0.25) is 0 Å². The van der Waals surface area contributed by atoms with Crippen LogP contribution in [0.5, 0.6) is 0 Å². The van der Waals surface area contributed by atoms with Gasteiger partial charge in [0.1, 0.15) is 5.82 Å². The molecule has 0 unspecified atom stereocenters. The molecular formula is C29H24FN3O5. The van der Waals surface area contributed by atoms with E-state index in [0.717, 1.165) is 5.56 Å². The summed E-state index contributed by atoms with van der Waals surface area (Å²) in [6, 6.07) is 24.1. The minimum absolute atomic E-state index is 0.00615. The SMILES string of the molecule is O=C(Nc1ccc([C@H]2OC(=O)N(Cc3cccc(F)c3)[C@@H]2C(=O)NCc2ccccc2)cc1)c1ccco1. The molecule has 1 saturated heterocycles. The minimum Gasteiger partial charge on any atom is -0.459 e. The summed E-state index contributed by atoms with van der Waals surface area (Å²) in [5.41, 5.74) is 2.49. The number of nitrogens with zero attached hydrogens (tertiary/aromatic N) is 1. The quantitative estimate of drug-likeness (QED) is 0.343. The van der Waals surface area contributed by atoms with Gasteiger partial charge in [0.05, 0.1) is 12.8 Å². The molecule has 0 radical (unpaired) electrons. The van der Waals surface area contributed by atoms with Crippen LogP contribution in [-0.2, 0) is 22.6 Å². The molecule has 2 atom stereocenters. The fourth-order valence-electron chi connectivity index (χ4n) is 4.29. The molecule has 4 aromatic rings. The lowest BCUT2D eigenvalue weighted by molar-refractivity contribution is -0.126. The van der Waals surface area contributed by atoms with Gasteiger partial charge in [-0.05, 0) is 53.1 Å². The van der Waals surface area contributed by atoms with Crippen molar-refractivity contribution >= 4 is 23.6 Å². The molecule has 9 heteroatoms. The van der Waals surface area contributed by atoms with Gasteiger partial charge in [-0.2, -0.15) is 0 Å². The monoisotopic (exact) mass is 513 g/mol. The van der Waals surface area contributed by atoms with Crippen molar-refractivity contribution in [3.05, 3.63) is 126 Å². The Morgan fingerprint density at radius 1 is 0.895 bits per heavy atom. The van der Waals surface area contributed by atoms with Crippen molar-refractivity contribution in [2.45, 2.75) is 25.2 Å². The first kappa shape index (κ1) is 24.8. The molecule has 0 bridgehead atoms. The molecule has 8 nitrogen and oxygen atoms in total. The molecule has 1 fully saturated rings.